The molecule has 6 heteroatoms. The van der Waals surface area contributed by atoms with Gasteiger partial charge in [-0.25, -0.2) is 0 Å². The number of quaternary nitrogens is 1. The topological polar surface area (TPSA) is 52.0 Å². The van der Waals surface area contributed by atoms with E-state index in [1.165, 1.54) is 0 Å². The molecule has 5 nitrogen and oxygen atoms in total. The summed E-state index contributed by atoms with van der Waals surface area (Å²) < 4.78 is 12.0. The molecule has 1 unspecified atom stereocenters. The number of benzene rings is 2. The zero-order valence-corrected chi connectivity index (χ0v) is 17.1. The maximum Gasteiger partial charge on any atom is 0.275 e. The van der Waals surface area contributed by atoms with Crippen LogP contribution in [0.2, 0.25) is 0 Å². The Morgan fingerprint density at radius 2 is 2.04 bits per heavy atom. The Hall–Kier alpha value is -2.05. The molecular weight excluding hydrogens is 396 g/mol. The lowest BCUT2D eigenvalue weighted by Gasteiger charge is -2.16. The highest BCUT2D eigenvalue weighted by Crippen LogP contribution is 2.22. The van der Waals surface area contributed by atoms with E-state index in [-0.39, 0.29) is 5.91 Å². The molecule has 2 N–H and O–H groups in total. The number of halogens is 1. The summed E-state index contributed by atoms with van der Waals surface area (Å²) >= 11 is 3.47. The van der Waals surface area contributed by atoms with E-state index in [2.05, 4.69) is 21.2 Å². The van der Waals surface area contributed by atoms with E-state index >= 15 is 0 Å². The van der Waals surface area contributed by atoms with Crippen LogP contribution < -0.4 is 19.7 Å². The van der Waals surface area contributed by atoms with Crippen molar-refractivity contribution in [3.63, 3.8) is 0 Å². The van der Waals surface area contributed by atoms with Gasteiger partial charge >= 0.3 is 0 Å². The van der Waals surface area contributed by atoms with Gasteiger partial charge in [0.15, 0.2) is 6.54 Å². The molecule has 0 bridgehead atoms. The Bertz CT molecular complexity index is 737. The molecule has 0 saturated heterocycles. The van der Waals surface area contributed by atoms with Gasteiger partial charge in [0.05, 0.1) is 20.7 Å². The number of nitrogens with one attached hydrogen (secondary N) is 2. The number of ether oxygens (including phenoxy) is 2. The number of aryl methyl sites for hydroxylation is 1. The van der Waals surface area contributed by atoms with Gasteiger partial charge in [-0.15, -0.1) is 0 Å². The number of likely N-dealkylation sites (N-methyl/N-ethyl adjacent to an activating group) is 1. The van der Waals surface area contributed by atoms with Gasteiger partial charge in [-0.1, -0.05) is 28.1 Å². The number of amides is 1. The van der Waals surface area contributed by atoms with Crippen molar-refractivity contribution in [2.24, 2.45) is 0 Å². The predicted octanol–water partition coefficient (Wildman–Crippen LogP) is 1.98. The first-order valence-electron chi connectivity index (χ1n) is 8.58. The SMILES string of the molecule is COc1ccc(Br)cc1C[NH+](C)CC(=O)NCCOc1cccc(C)c1. The van der Waals surface area contributed by atoms with Crippen molar-refractivity contribution in [2.45, 2.75) is 13.5 Å². The maximum atomic E-state index is 12.1. The fourth-order valence-corrected chi connectivity index (χ4v) is 3.08. The van der Waals surface area contributed by atoms with Crippen molar-refractivity contribution in [3.05, 3.63) is 58.1 Å². The van der Waals surface area contributed by atoms with E-state index < -0.39 is 0 Å². The van der Waals surface area contributed by atoms with Crippen molar-refractivity contribution in [1.82, 2.24) is 5.32 Å². The molecule has 0 fully saturated rings. The standard InChI is InChI=1S/C20H25BrN2O3/c1-15-5-4-6-18(11-15)26-10-9-22-20(24)14-23(2)13-16-12-17(21)7-8-19(16)25-3/h4-8,11-12H,9-10,13-14H2,1-3H3,(H,22,24)/p+1. The second-order valence-corrected chi connectivity index (χ2v) is 7.20. The monoisotopic (exact) mass is 421 g/mol. The first kappa shape index (κ1) is 20.3. The maximum absolute atomic E-state index is 12.1. The van der Waals surface area contributed by atoms with Crippen molar-refractivity contribution < 1.29 is 19.2 Å². The molecule has 0 aliphatic carbocycles. The third-order valence-electron chi connectivity index (χ3n) is 3.88. The van der Waals surface area contributed by atoms with Crippen LogP contribution in [0.3, 0.4) is 0 Å². The van der Waals surface area contributed by atoms with Gasteiger partial charge in [-0.2, -0.15) is 0 Å². The summed E-state index contributed by atoms with van der Waals surface area (Å²) in [5.41, 5.74) is 2.22. The second kappa shape index (κ2) is 10.2. The summed E-state index contributed by atoms with van der Waals surface area (Å²) in [6.45, 7) is 4.05. The van der Waals surface area contributed by atoms with Crippen LogP contribution in [-0.4, -0.2) is 39.8 Å². The largest absolute Gasteiger partial charge is 0.496 e. The highest BCUT2D eigenvalue weighted by Gasteiger charge is 2.13. The van der Waals surface area contributed by atoms with Gasteiger partial charge in [-0.05, 0) is 42.8 Å². The van der Waals surface area contributed by atoms with Gasteiger partial charge in [0.1, 0.15) is 24.7 Å². The fourth-order valence-electron chi connectivity index (χ4n) is 2.67. The Morgan fingerprint density at radius 3 is 2.77 bits per heavy atom. The molecule has 2 aromatic rings. The van der Waals surface area contributed by atoms with Gasteiger partial charge in [-0.3, -0.25) is 4.79 Å². The smallest absolute Gasteiger partial charge is 0.275 e. The molecule has 1 amide bonds. The summed E-state index contributed by atoms with van der Waals surface area (Å²) in [4.78, 5) is 13.2. The van der Waals surface area contributed by atoms with Crippen LogP contribution >= 0.6 is 15.9 Å². The Kier molecular flexibility index (Phi) is 7.94. The highest BCUT2D eigenvalue weighted by atomic mass is 79.9. The zero-order valence-electron chi connectivity index (χ0n) is 15.5. The van der Waals surface area contributed by atoms with Crippen molar-refractivity contribution in [1.29, 1.82) is 0 Å². The fraction of sp³-hybridized carbons (Fsp3) is 0.350. The molecule has 0 heterocycles. The first-order valence-corrected chi connectivity index (χ1v) is 9.37. The van der Waals surface area contributed by atoms with Crippen LogP contribution in [0.4, 0.5) is 0 Å². The number of hydrogen-bond acceptors (Lipinski definition) is 3. The lowest BCUT2D eigenvalue weighted by Crippen LogP contribution is -3.08. The molecule has 140 valence electrons. The average Bonchev–Trinajstić information content (AvgIpc) is 2.59. The van der Waals surface area contributed by atoms with Crippen LogP contribution in [-0.2, 0) is 11.3 Å². The molecule has 2 rings (SSSR count). The van der Waals surface area contributed by atoms with E-state index in [1.807, 2.05) is 56.4 Å². The first-order chi connectivity index (χ1) is 12.5. The molecule has 0 aromatic heterocycles. The van der Waals surface area contributed by atoms with Crippen LogP contribution in [0.25, 0.3) is 0 Å². The van der Waals surface area contributed by atoms with Crippen molar-refractivity contribution >= 4 is 21.8 Å². The zero-order chi connectivity index (χ0) is 18.9. The number of carbonyl (C=O) groups excluding carboxylic acids is 1. The molecule has 0 spiro atoms. The third kappa shape index (κ3) is 6.69. The van der Waals surface area contributed by atoms with Gasteiger partial charge in [0, 0.05) is 10.0 Å². The minimum Gasteiger partial charge on any atom is -0.496 e. The second-order valence-electron chi connectivity index (χ2n) is 6.28. The number of hydrogen-bond donors (Lipinski definition) is 2. The lowest BCUT2D eigenvalue weighted by molar-refractivity contribution is -0.885. The summed E-state index contributed by atoms with van der Waals surface area (Å²) in [5, 5.41) is 2.90. The summed E-state index contributed by atoms with van der Waals surface area (Å²) in [6, 6.07) is 13.8. The number of rotatable bonds is 9. The summed E-state index contributed by atoms with van der Waals surface area (Å²) in [7, 11) is 3.65. The highest BCUT2D eigenvalue weighted by molar-refractivity contribution is 9.10. The molecule has 0 aliphatic heterocycles. The number of carbonyl (C=O) groups is 1. The van der Waals surface area contributed by atoms with E-state index in [9.17, 15) is 4.79 Å². The lowest BCUT2D eigenvalue weighted by atomic mass is 10.2. The van der Waals surface area contributed by atoms with E-state index in [0.717, 1.165) is 32.0 Å². The molecular formula is C20H26BrN2O3+. The molecule has 26 heavy (non-hydrogen) atoms. The van der Waals surface area contributed by atoms with Crippen LogP contribution in [0.15, 0.2) is 46.9 Å². The van der Waals surface area contributed by atoms with Crippen molar-refractivity contribution in [2.75, 3.05) is 33.9 Å². The minimum absolute atomic E-state index is 0.00399. The van der Waals surface area contributed by atoms with Crippen LogP contribution in [0.1, 0.15) is 11.1 Å². The predicted molar refractivity (Wildman–Crippen MR) is 106 cm³/mol. The van der Waals surface area contributed by atoms with E-state index in [1.54, 1.807) is 7.11 Å². The van der Waals surface area contributed by atoms with Gasteiger partial charge in [0.25, 0.3) is 5.91 Å². The number of methoxy groups -OCH3 is 1. The minimum atomic E-state index is 0.00399. The summed E-state index contributed by atoms with van der Waals surface area (Å²) in [6.07, 6.45) is 0. The Balaban J connectivity index is 1.73. The van der Waals surface area contributed by atoms with E-state index in [0.29, 0.717) is 26.2 Å². The van der Waals surface area contributed by atoms with Crippen molar-refractivity contribution in [3.8, 4) is 11.5 Å². The third-order valence-corrected chi connectivity index (χ3v) is 4.37. The Morgan fingerprint density at radius 1 is 1.23 bits per heavy atom. The van der Waals surface area contributed by atoms with E-state index in [4.69, 9.17) is 9.47 Å². The Labute approximate surface area is 163 Å². The van der Waals surface area contributed by atoms with Gasteiger partial charge < -0.3 is 19.7 Å². The normalized spacial score (nSPS) is 11.7. The van der Waals surface area contributed by atoms with Crippen LogP contribution in [0, 0.1) is 6.92 Å². The molecule has 0 saturated carbocycles. The summed E-state index contributed by atoms with van der Waals surface area (Å²) in [5.74, 6) is 1.66. The van der Waals surface area contributed by atoms with Gasteiger partial charge in [0.2, 0.25) is 0 Å². The quantitative estimate of drug-likeness (QED) is 0.608. The molecule has 1 atom stereocenters. The average molecular weight is 422 g/mol. The molecule has 0 aliphatic rings. The molecule has 2 aromatic carbocycles. The van der Waals surface area contributed by atoms with Crippen LogP contribution in [0.5, 0.6) is 11.5 Å². The molecule has 0 radical (unpaired) electrons.